The minimum atomic E-state index is -0.0494. The van der Waals surface area contributed by atoms with Crippen molar-refractivity contribution in [1.29, 1.82) is 0 Å². The number of aryl methyl sites for hydroxylation is 1. The fourth-order valence-corrected chi connectivity index (χ4v) is 3.28. The second-order valence-electron chi connectivity index (χ2n) is 4.29. The van der Waals surface area contributed by atoms with Crippen LogP contribution in [0, 0.1) is 0 Å². The SMILES string of the molecule is CCc1cnc(CSc2cnc(NC(=O)CCCN)s2)o1. The molecule has 2 aromatic rings. The molecule has 0 radical (unpaired) electrons. The van der Waals surface area contributed by atoms with Crippen LogP contribution in [0.3, 0.4) is 0 Å². The monoisotopic (exact) mass is 326 g/mol. The van der Waals surface area contributed by atoms with E-state index in [4.69, 9.17) is 10.2 Å². The molecule has 0 aromatic carbocycles. The van der Waals surface area contributed by atoms with E-state index in [0.29, 0.717) is 36.2 Å². The van der Waals surface area contributed by atoms with Crippen LogP contribution >= 0.6 is 23.1 Å². The molecule has 2 aromatic heterocycles. The lowest BCUT2D eigenvalue weighted by Gasteiger charge is -1.99. The Kier molecular flexibility index (Phi) is 6.21. The highest BCUT2D eigenvalue weighted by Crippen LogP contribution is 2.30. The summed E-state index contributed by atoms with van der Waals surface area (Å²) in [4.78, 5) is 20.0. The minimum absolute atomic E-state index is 0.0494. The van der Waals surface area contributed by atoms with Gasteiger partial charge in [-0.3, -0.25) is 4.79 Å². The van der Waals surface area contributed by atoms with Crippen LogP contribution in [-0.4, -0.2) is 22.4 Å². The van der Waals surface area contributed by atoms with Gasteiger partial charge in [0.2, 0.25) is 11.8 Å². The number of anilines is 1. The van der Waals surface area contributed by atoms with Gasteiger partial charge in [0, 0.05) is 12.8 Å². The van der Waals surface area contributed by atoms with Crippen LogP contribution in [-0.2, 0) is 17.0 Å². The first-order valence-corrected chi connectivity index (χ1v) is 8.53. The number of rotatable bonds is 8. The van der Waals surface area contributed by atoms with Crippen molar-refractivity contribution in [2.24, 2.45) is 5.73 Å². The number of thiazole rings is 1. The maximum atomic E-state index is 11.6. The van der Waals surface area contributed by atoms with E-state index >= 15 is 0 Å². The predicted molar refractivity (Wildman–Crippen MR) is 84.5 cm³/mol. The van der Waals surface area contributed by atoms with E-state index in [2.05, 4.69) is 15.3 Å². The summed E-state index contributed by atoms with van der Waals surface area (Å²) in [5.41, 5.74) is 5.37. The molecule has 8 heteroatoms. The summed E-state index contributed by atoms with van der Waals surface area (Å²) in [6, 6.07) is 0. The highest BCUT2D eigenvalue weighted by molar-refractivity contribution is 8.00. The number of nitrogens with zero attached hydrogens (tertiary/aromatic N) is 2. The first-order valence-electron chi connectivity index (χ1n) is 6.73. The van der Waals surface area contributed by atoms with E-state index in [1.165, 1.54) is 11.3 Å². The maximum absolute atomic E-state index is 11.6. The van der Waals surface area contributed by atoms with Gasteiger partial charge in [-0.1, -0.05) is 18.3 Å². The Hall–Kier alpha value is -1.38. The van der Waals surface area contributed by atoms with Gasteiger partial charge in [0.05, 0.1) is 22.4 Å². The topological polar surface area (TPSA) is 94.0 Å². The van der Waals surface area contributed by atoms with E-state index in [1.54, 1.807) is 24.2 Å². The third-order valence-corrected chi connectivity index (χ3v) is 4.72. The van der Waals surface area contributed by atoms with Gasteiger partial charge in [0.15, 0.2) is 5.13 Å². The van der Waals surface area contributed by atoms with E-state index in [1.807, 2.05) is 6.92 Å². The van der Waals surface area contributed by atoms with E-state index in [0.717, 1.165) is 16.4 Å². The van der Waals surface area contributed by atoms with Gasteiger partial charge in [0.1, 0.15) is 5.76 Å². The quantitative estimate of drug-likeness (QED) is 0.724. The molecular weight excluding hydrogens is 308 g/mol. The molecular formula is C13H18N4O2S2. The van der Waals surface area contributed by atoms with Crippen molar-refractivity contribution in [2.45, 2.75) is 36.1 Å². The predicted octanol–water partition coefficient (Wildman–Crippen LogP) is 2.66. The first-order chi connectivity index (χ1) is 10.2. The van der Waals surface area contributed by atoms with Gasteiger partial charge in [-0.25, -0.2) is 9.97 Å². The summed E-state index contributed by atoms with van der Waals surface area (Å²) in [5.74, 6) is 2.20. The van der Waals surface area contributed by atoms with Gasteiger partial charge < -0.3 is 15.5 Å². The number of nitrogens with two attached hydrogens (primary N) is 1. The summed E-state index contributed by atoms with van der Waals surface area (Å²) in [7, 11) is 0. The Bertz CT molecular complexity index is 582. The number of carbonyl (C=O) groups excluding carboxylic acids is 1. The van der Waals surface area contributed by atoms with Crippen LogP contribution in [0.15, 0.2) is 21.0 Å². The highest BCUT2D eigenvalue weighted by atomic mass is 32.2. The molecule has 2 rings (SSSR count). The van der Waals surface area contributed by atoms with Crippen molar-refractivity contribution in [3.8, 4) is 0 Å². The Balaban J connectivity index is 1.81. The third-order valence-electron chi connectivity index (χ3n) is 2.63. The molecule has 21 heavy (non-hydrogen) atoms. The Morgan fingerprint density at radius 1 is 1.48 bits per heavy atom. The van der Waals surface area contributed by atoms with Crippen LogP contribution in [0.4, 0.5) is 5.13 Å². The van der Waals surface area contributed by atoms with Crippen molar-refractivity contribution >= 4 is 34.1 Å². The maximum Gasteiger partial charge on any atom is 0.226 e. The van der Waals surface area contributed by atoms with Gasteiger partial charge in [-0.15, -0.1) is 11.8 Å². The molecule has 0 atom stereocenters. The van der Waals surface area contributed by atoms with Crippen molar-refractivity contribution in [2.75, 3.05) is 11.9 Å². The van der Waals surface area contributed by atoms with Crippen LogP contribution in [0.1, 0.15) is 31.4 Å². The first kappa shape index (κ1) is 16.0. The number of oxazole rings is 1. The summed E-state index contributed by atoms with van der Waals surface area (Å²) < 4.78 is 6.56. The zero-order valence-corrected chi connectivity index (χ0v) is 13.4. The molecule has 0 aliphatic rings. The minimum Gasteiger partial charge on any atom is -0.445 e. The van der Waals surface area contributed by atoms with Gasteiger partial charge in [0.25, 0.3) is 0 Å². The second-order valence-corrected chi connectivity index (χ2v) is 6.59. The lowest BCUT2D eigenvalue weighted by atomic mass is 10.3. The Labute approximate surface area is 131 Å². The van der Waals surface area contributed by atoms with Crippen LogP contribution in [0.25, 0.3) is 0 Å². The fourth-order valence-electron chi connectivity index (χ4n) is 1.54. The number of carbonyl (C=O) groups is 1. The van der Waals surface area contributed by atoms with Crippen LogP contribution in [0.5, 0.6) is 0 Å². The molecule has 2 heterocycles. The molecule has 0 saturated carbocycles. The second kappa shape index (κ2) is 8.16. The number of amides is 1. The van der Waals surface area contributed by atoms with Crippen molar-refractivity contribution in [3.05, 3.63) is 24.0 Å². The third kappa shape index (κ3) is 5.14. The van der Waals surface area contributed by atoms with E-state index < -0.39 is 0 Å². The zero-order chi connectivity index (χ0) is 15.1. The number of aromatic nitrogens is 2. The lowest BCUT2D eigenvalue weighted by molar-refractivity contribution is -0.116. The normalized spacial score (nSPS) is 10.8. The molecule has 0 spiro atoms. The Morgan fingerprint density at radius 3 is 3.05 bits per heavy atom. The molecule has 114 valence electrons. The number of hydrogen-bond acceptors (Lipinski definition) is 7. The van der Waals surface area contributed by atoms with E-state index in [9.17, 15) is 4.79 Å². The number of nitrogens with one attached hydrogen (secondary N) is 1. The molecule has 1 amide bonds. The number of thioether (sulfide) groups is 1. The fraction of sp³-hybridized carbons (Fsp3) is 0.462. The van der Waals surface area contributed by atoms with Crippen molar-refractivity contribution in [3.63, 3.8) is 0 Å². The molecule has 0 saturated heterocycles. The summed E-state index contributed by atoms with van der Waals surface area (Å²) in [6.07, 6.45) is 5.46. The molecule has 3 N–H and O–H groups in total. The standard InChI is InChI=1S/C13H18N4O2S2/c1-2-9-6-15-11(19-9)8-20-12-7-16-13(21-12)17-10(18)4-3-5-14/h6-7H,2-5,8,14H2,1H3,(H,16,17,18). The highest BCUT2D eigenvalue weighted by Gasteiger charge is 2.08. The van der Waals surface area contributed by atoms with Crippen molar-refractivity contribution in [1.82, 2.24) is 9.97 Å². The van der Waals surface area contributed by atoms with Gasteiger partial charge in [-0.05, 0) is 13.0 Å². The smallest absolute Gasteiger partial charge is 0.226 e. The van der Waals surface area contributed by atoms with Crippen LogP contribution < -0.4 is 11.1 Å². The largest absolute Gasteiger partial charge is 0.445 e. The van der Waals surface area contributed by atoms with Crippen LogP contribution in [0.2, 0.25) is 0 Å². The molecule has 6 nitrogen and oxygen atoms in total. The molecule has 0 bridgehead atoms. The van der Waals surface area contributed by atoms with Crippen molar-refractivity contribution < 1.29 is 9.21 Å². The average Bonchev–Trinajstić information content (AvgIpc) is 3.11. The average molecular weight is 326 g/mol. The molecule has 0 aliphatic carbocycles. The summed E-state index contributed by atoms with van der Waals surface area (Å²) >= 11 is 3.04. The summed E-state index contributed by atoms with van der Waals surface area (Å²) in [6.45, 7) is 2.54. The molecule has 0 unspecified atom stereocenters. The zero-order valence-electron chi connectivity index (χ0n) is 11.8. The van der Waals surface area contributed by atoms with E-state index in [-0.39, 0.29) is 5.91 Å². The lowest BCUT2D eigenvalue weighted by Crippen LogP contribution is -2.13. The molecule has 0 fully saturated rings. The van der Waals surface area contributed by atoms with Gasteiger partial charge >= 0.3 is 0 Å². The summed E-state index contributed by atoms with van der Waals surface area (Å²) in [5, 5.41) is 3.38. The molecule has 0 aliphatic heterocycles. The Morgan fingerprint density at radius 2 is 2.33 bits per heavy atom. The number of hydrogen-bond donors (Lipinski definition) is 2. The van der Waals surface area contributed by atoms with Gasteiger partial charge in [-0.2, -0.15) is 0 Å².